The highest BCUT2D eigenvalue weighted by molar-refractivity contribution is 5.73. The van der Waals surface area contributed by atoms with Gasteiger partial charge in [0, 0.05) is 0 Å². The van der Waals surface area contributed by atoms with Gasteiger partial charge in [0.05, 0.1) is 13.0 Å². The summed E-state index contributed by atoms with van der Waals surface area (Å²) in [6.07, 6.45) is 6.20. The van der Waals surface area contributed by atoms with Crippen LogP contribution in [0, 0.1) is 0 Å². The molecule has 2 nitrogen and oxygen atoms in total. The van der Waals surface area contributed by atoms with Crippen LogP contribution < -0.4 is 0 Å². The molecule has 0 amide bonds. The van der Waals surface area contributed by atoms with Crippen LogP contribution in [0.4, 0.5) is 0 Å². The monoisotopic (exact) mass is 310 g/mol. The van der Waals surface area contributed by atoms with Gasteiger partial charge in [-0.3, -0.25) is 4.79 Å². The first-order chi connectivity index (χ1) is 11.3. The molecule has 2 aromatic rings. The summed E-state index contributed by atoms with van der Waals surface area (Å²) in [5, 5.41) is 0. The zero-order valence-electron chi connectivity index (χ0n) is 14.0. The fraction of sp³-hybridized carbons (Fsp3) is 0.381. The summed E-state index contributed by atoms with van der Waals surface area (Å²) in [6, 6.07) is 18.4. The summed E-state index contributed by atoms with van der Waals surface area (Å²) < 4.78 is 5.30. The van der Waals surface area contributed by atoms with Crippen molar-refractivity contribution in [3.8, 4) is 11.1 Å². The second kappa shape index (κ2) is 9.83. The molecule has 122 valence electrons. The van der Waals surface area contributed by atoms with Gasteiger partial charge in [-0.25, -0.2) is 0 Å². The van der Waals surface area contributed by atoms with E-state index < -0.39 is 0 Å². The smallest absolute Gasteiger partial charge is 0.310 e. The number of hydrogen-bond acceptors (Lipinski definition) is 2. The Kier molecular flexibility index (Phi) is 7.38. The van der Waals surface area contributed by atoms with E-state index in [-0.39, 0.29) is 5.97 Å². The van der Waals surface area contributed by atoms with Crippen molar-refractivity contribution in [3.05, 3.63) is 60.2 Å². The first-order valence-electron chi connectivity index (χ1n) is 8.59. The molecule has 0 aliphatic rings. The minimum absolute atomic E-state index is 0.132. The van der Waals surface area contributed by atoms with Crippen LogP contribution in [0.25, 0.3) is 11.1 Å². The number of unbranched alkanes of at least 4 members (excludes halogenated alkanes) is 4. The Morgan fingerprint density at radius 1 is 0.826 bits per heavy atom. The highest BCUT2D eigenvalue weighted by atomic mass is 16.5. The molecular formula is C21H26O2. The molecule has 0 spiro atoms. The van der Waals surface area contributed by atoms with Gasteiger partial charge in [-0.2, -0.15) is 0 Å². The quantitative estimate of drug-likeness (QED) is 0.457. The second-order valence-electron chi connectivity index (χ2n) is 5.87. The zero-order valence-corrected chi connectivity index (χ0v) is 14.0. The van der Waals surface area contributed by atoms with Gasteiger partial charge in [0.1, 0.15) is 0 Å². The fourth-order valence-electron chi connectivity index (χ4n) is 2.55. The largest absolute Gasteiger partial charge is 0.465 e. The van der Waals surface area contributed by atoms with Crippen LogP contribution in [-0.4, -0.2) is 12.6 Å². The maximum absolute atomic E-state index is 11.8. The number of esters is 1. The average Bonchev–Trinajstić information content (AvgIpc) is 2.59. The highest BCUT2D eigenvalue weighted by Crippen LogP contribution is 2.19. The van der Waals surface area contributed by atoms with Crippen LogP contribution in [0.15, 0.2) is 54.6 Å². The zero-order chi connectivity index (χ0) is 16.3. The molecule has 0 bridgehead atoms. The van der Waals surface area contributed by atoms with Crippen LogP contribution in [0.3, 0.4) is 0 Å². The van der Waals surface area contributed by atoms with E-state index in [4.69, 9.17) is 4.74 Å². The van der Waals surface area contributed by atoms with Crippen LogP contribution in [0.5, 0.6) is 0 Å². The van der Waals surface area contributed by atoms with E-state index in [1.54, 1.807) is 0 Å². The van der Waals surface area contributed by atoms with Crippen molar-refractivity contribution in [1.29, 1.82) is 0 Å². The van der Waals surface area contributed by atoms with Crippen molar-refractivity contribution in [2.45, 2.75) is 45.4 Å². The van der Waals surface area contributed by atoms with E-state index in [2.05, 4.69) is 31.2 Å². The summed E-state index contributed by atoms with van der Waals surface area (Å²) in [5.74, 6) is -0.132. The summed E-state index contributed by atoms with van der Waals surface area (Å²) in [7, 11) is 0. The lowest BCUT2D eigenvalue weighted by atomic mass is 10.0. The van der Waals surface area contributed by atoms with Gasteiger partial charge in [-0.05, 0) is 23.1 Å². The van der Waals surface area contributed by atoms with Crippen molar-refractivity contribution in [1.82, 2.24) is 0 Å². The summed E-state index contributed by atoms with van der Waals surface area (Å²) >= 11 is 0. The second-order valence-corrected chi connectivity index (χ2v) is 5.87. The first-order valence-corrected chi connectivity index (χ1v) is 8.59. The summed E-state index contributed by atoms with van der Waals surface area (Å²) in [4.78, 5) is 11.8. The van der Waals surface area contributed by atoms with Crippen LogP contribution >= 0.6 is 0 Å². The number of carbonyl (C=O) groups is 1. The van der Waals surface area contributed by atoms with Gasteiger partial charge in [-0.1, -0.05) is 87.2 Å². The number of hydrogen-bond donors (Lipinski definition) is 0. The Morgan fingerprint density at radius 3 is 2.17 bits per heavy atom. The van der Waals surface area contributed by atoms with Crippen LogP contribution in [0.2, 0.25) is 0 Å². The summed E-state index contributed by atoms with van der Waals surface area (Å²) in [5.41, 5.74) is 3.35. The van der Waals surface area contributed by atoms with Gasteiger partial charge in [0.15, 0.2) is 0 Å². The van der Waals surface area contributed by atoms with E-state index >= 15 is 0 Å². The lowest BCUT2D eigenvalue weighted by Gasteiger charge is -2.06. The third-order valence-electron chi connectivity index (χ3n) is 3.92. The lowest BCUT2D eigenvalue weighted by molar-refractivity contribution is -0.142. The third-order valence-corrected chi connectivity index (χ3v) is 3.92. The van der Waals surface area contributed by atoms with E-state index in [1.807, 2.05) is 30.3 Å². The molecule has 0 aliphatic carbocycles. The Bertz CT molecular complexity index is 573. The maximum atomic E-state index is 11.8. The van der Waals surface area contributed by atoms with Gasteiger partial charge >= 0.3 is 5.97 Å². The number of benzene rings is 2. The molecule has 2 aromatic carbocycles. The first kappa shape index (κ1) is 17.3. The molecule has 2 rings (SSSR count). The maximum Gasteiger partial charge on any atom is 0.310 e. The number of rotatable bonds is 9. The minimum atomic E-state index is -0.132. The standard InChI is InChI=1S/C21H26O2/c1-2-3-4-5-9-16-23-21(22)17-18-12-14-20(15-13-18)19-10-7-6-8-11-19/h6-8,10-15H,2-5,9,16-17H2,1H3. The lowest BCUT2D eigenvalue weighted by Crippen LogP contribution is -2.09. The van der Waals surface area contributed by atoms with Crippen molar-refractivity contribution in [2.24, 2.45) is 0 Å². The van der Waals surface area contributed by atoms with Gasteiger partial charge in [0.2, 0.25) is 0 Å². The summed E-state index contributed by atoms with van der Waals surface area (Å²) in [6.45, 7) is 2.74. The van der Waals surface area contributed by atoms with Crippen molar-refractivity contribution >= 4 is 5.97 Å². The third kappa shape index (κ3) is 6.27. The number of ether oxygens (including phenoxy) is 1. The molecular weight excluding hydrogens is 284 g/mol. The number of carbonyl (C=O) groups excluding carboxylic acids is 1. The molecule has 0 fully saturated rings. The molecule has 23 heavy (non-hydrogen) atoms. The van der Waals surface area contributed by atoms with Crippen LogP contribution in [-0.2, 0) is 16.0 Å². The van der Waals surface area contributed by atoms with E-state index in [1.165, 1.54) is 30.4 Å². The molecule has 0 aliphatic heterocycles. The molecule has 2 heteroatoms. The molecule has 0 saturated carbocycles. The van der Waals surface area contributed by atoms with Crippen molar-refractivity contribution < 1.29 is 9.53 Å². The van der Waals surface area contributed by atoms with Gasteiger partial charge in [-0.15, -0.1) is 0 Å². The Balaban J connectivity index is 1.74. The van der Waals surface area contributed by atoms with Crippen LogP contribution in [0.1, 0.15) is 44.6 Å². The average molecular weight is 310 g/mol. The minimum Gasteiger partial charge on any atom is -0.465 e. The molecule has 0 atom stereocenters. The van der Waals surface area contributed by atoms with Crippen molar-refractivity contribution in [2.75, 3.05) is 6.61 Å². The Morgan fingerprint density at radius 2 is 1.48 bits per heavy atom. The molecule has 0 heterocycles. The molecule has 0 unspecified atom stereocenters. The van der Waals surface area contributed by atoms with E-state index in [9.17, 15) is 4.79 Å². The SMILES string of the molecule is CCCCCCCOC(=O)Cc1ccc(-c2ccccc2)cc1. The normalized spacial score (nSPS) is 10.5. The van der Waals surface area contributed by atoms with E-state index in [0.29, 0.717) is 13.0 Å². The fourth-order valence-corrected chi connectivity index (χ4v) is 2.55. The Hall–Kier alpha value is -2.09. The topological polar surface area (TPSA) is 26.3 Å². The molecule has 0 radical (unpaired) electrons. The molecule has 0 N–H and O–H groups in total. The molecule has 0 saturated heterocycles. The predicted molar refractivity (Wildman–Crippen MR) is 95.3 cm³/mol. The van der Waals surface area contributed by atoms with Crippen molar-refractivity contribution in [3.63, 3.8) is 0 Å². The predicted octanol–water partition coefficient (Wildman–Crippen LogP) is 5.41. The van der Waals surface area contributed by atoms with E-state index in [0.717, 1.165) is 18.4 Å². The van der Waals surface area contributed by atoms with Gasteiger partial charge < -0.3 is 4.74 Å². The highest BCUT2D eigenvalue weighted by Gasteiger charge is 2.05. The molecule has 0 aromatic heterocycles. The van der Waals surface area contributed by atoms with Gasteiger partial charge in [0.25, 0.3) is 0 Å². The Labute approximate surface area is 139 Å².